The number of carbonyl (C=O) groups excluding carboxylic acids is 1. The Labute approximate surface area is 114 Å². The maximum atomic E-state index is 12.3. The lowest BCUT2D eigenvalue weighted by Crippen LogP contribution is -2.37. The minimum Gasteiger partial charge on any atom is -0.399 e. The molecule has 1 aromatic rings. The molecule has 0 aliphatic heterocycles. The summed E-state index contributed by atoms with van der Waals surface area (Å²) in [4.78, 5) is 12.3. The van der Waals surface area contributed by atoms with Crippen molar-refractivity contribution < 1.29 is 9.53 Å². The Morgan fingerprint density at radius 2 is 2.00 bits per heavy atom. The summed E-state index contributed by atoms with van der Waals surface area (Å²) in [5.41, 5.74) is 7.13. The summed E-state index contributed by atoms with van der Waals surface area (Å²) in [6, 6.07) is 7.61. The van der Waals surface area contributed by atoms with Crippen LogP contribution in [0, 0.1) is 0 Å². The number of nitrogens with two attached hydrogens (primary N) is 1. The number of hydrogen-bond donors (Lipinski definition) is 2. The van der Waals surface area contributed by atoms with E-state index in [9.17, 15) is 4.79 Å². The SMILES string of the molecule is CC(C)OCCNC(=O)C1(c2ccc(N)cc2)CC1. The van der Waals surface area contributed by atoms with E-state index < -0.39 is 0 Å². The van der Waals surface area contributed by atoms with E-state index in [1.807, 2.05) is 38.1 Å². The number of nitrogen functional groups attached to an aromatic ring is 1. The molecule has 1 saturated carbocycles. The van der Waals surface area contributed by atoms with Crippen LogP contribution in [0.5, 0.6) is 0 Å². The van der Waals surface area contributed by atoms with Gasteiger partial charge in [0.15, 0.2) is 0 Å². The molecule has 0 saturated heterocycles. The van der Waals surface area contributed by atoms with Crippen LogP contribution in [-0.4, -0.2) is 25.2 Å². The summed E-state index contributed by atoms with van der Waals surface area (Å²) in [6.45, 7) is 5.09. The molecule has 0 radical (unpaired) electrons. The first kappa shape index (κ1) is 13.9. The molecule has 1 amide bonds. The molecule has 1 aromatic carbocycles. The van der Waals surface area contributed by atoms with Crippen molar-refractivity contribution in [2.45, 2.75) is 38.2 Å². The lowest BCUT2D eigenvalue weighted by atomic mass is 9.95. The van der Waals surface area contributed by atoms with Gasteiger partial charge >= 0.3 is 0 Å². The van der Waals surface area contributed by atoms with Crippen LogP contribution in [0.2, 0.25) is 0 Å². The predicted octanol–water partition coefficient (Wildman–Crippen LogP) is 1.84. The Balaban J connectivity index is 1.89. The van der Waals surface area contributed by atoms with Crippen LogP contribution < -0.4 is 11.1 Å². The average molecular weight is 262 g/mol. The van der Waals surface area contributed by atoms with Crippen LogP contribution in [-0.2, 0) is 14.9 Å². The van der Waals surface area contributed by atoms with E-state index in [0.717, 1.165) is 24.1 Å². The van der Waals surface area contributed by atoms with Gasteiger partial charge < -0.3 is 15.8 Å². The maximum Gasteiger partial charge on any atom is 0.230 e. The van der Waals surface area contributed by atoms with E-state index in [-0.39, 0.29) is 17.4 Å². The van der Waals surface area contributed by atoms with Crippen LogP contribution in [0.1, 0.15) is 32.3 Å². The normalized spacial score (nSPS) is 16.4. The number of benzene rings is 1. The van der Waals surface area contributed by atoms with Crippen molar-refractivity contribution in [2.24, 2.45) is 0 Å². The highest BCUT2D eigenvalue weighted by Crippen LogP contribution is 2.48. The van der Waals surface area contributed by atoms with E-state index in [2.05, 4.69) is 5.32 Å². The fourth-order valence-electron chi connectivity index (χ4n) is 2.20. The third-order valence-electron chi connectivity index (χ3n) is 3.49. The number of rotatable bonds is 6. The number of hydrogen-bond acceptors (Lipinski definition) is 3. The smallest absolute Gasteiger partial charge is 0.230 e. The van der Waals surface area contributed by atoms with Crippen molar-refractivity contribution in [2.75, 3.05) is 18.9 Å². The van der Waals surface area contributed by atoms with Gasteiger partial charge in [-0.1, -0.05) is 12.1 Å². The van der Waals surface area contributed by atoms with Gasteiger partial charge in [0.05, 0.1) is 18.1 Å². The van der Waals surface area contributed by atoms with Crippen LogP contribution in [0.25, 0.3) is 0 Å². The second-order valence-electron chi connectivity index (χ2n) is 5.38. The van der Waals surface area contributed by atoms with Crippen molar-refractivity contribution >= 4 is 11.6 Å². The Bertz CT molecular complexity index is 436. The van der Waals surface area contributed by atoms with Crippen LogP contribution in [0.3, 0.4) is 0 Å². The zero-order valence-corrected chi connectivity index (χ0v) is 11.6. The average Bonchev–Trinajstić information content (AvgIpc) is 3.16. The van der Waals surface area contributed by atoms with Gasteiger partial charge in [0, 0.05) is 12.2 Å². The fourth-order valence-corrected chi connectivity index (χ4v) is 2.20. The highest BCUT2D eigenvalue weighted by Gasteiger charge is 2.50. The van der Waals surface area contributed by atoms with Gasteiger partial charge in [-0.05, 0) is 44.4 Å². The third-order valence-corrected chi connectivity index (χ3v) is 3.49. The molecule has 4 nitrogen and oxygen atoms in total. The van der Waals surface area contributed by atoms with E-state index in [0.29, 0.717) is 13.2 Å². The Morgan fingerprint density at radius 1 is 1.37 bits per heavy atom. The topological polar surface area (TPSA) is 64.3 Å². The first-order chi connectivity index (χ1) is 9.04. The first-order valence-electron chi connectivity index (χ1n) is 6.80. The molecule has 1 fully saturated rings. The molecule has 104 valence electrons. The number of amides is 1. The zero-order chi connectivity index (χ0) is 13.9. The van der Waals surface area contributed by atoms with Gasteiger partial charge in [-0.2, -0.15) is 0 Å². The van der Waals surface area contributed by atoms with Crippen molar-refractivity contribution in [1.29, 1.82) is 0 Å². The highest BCUT2D eigenvalue weighted by atomic mass is 16.5. The summed E-state index contributed by atoms with van der Waals surface area (Å²) in [7, 11) is 0. The molecular weight excluding hydrogens is 240 g/mol. The summed E-state index contributed by atoms with van der Waals surface area (Å²) in [5.74, 6) is 0.102. The molecule has 0 aromatic heterocycles. The third kappa shape index (κ3) is 3.26. The van der Waals surface area contributed by atoms with Crippen molar-refractivity contribution in [3.8, 4) is 0 Å². The molecule has 19 heavy (non-hydrogen) atoms. The molecule has 4 heteroatoms. The summed E-state index contributed by atoms with van der Waals surface area (Å²) >= 11 is 0. The monoisotopic (exact) mass is 262 g/mol. The summed E-state index contributed by atoms with van der Waals surface area (Å²) in [6.07, 6.45) is 2.02. The predicted molar refractivity (Wildman–Crippen MR) is 75.9 cm³/mol. The molecule has 0 unspecified atom stereocenters. The van der Waals surface area contributed by atoms with Gasteiger partial charge in [-0.25, -0.2) is 0 Å². The number of anilines is 1. The van der Waals surface area contributed by atoms with Crippen molar-refractivity contribution in [1.82, 2.24) is 5.32 Å². The number of ether oxygens (including phenoxy) is 1. The quantitative estimate of drug-likeness (QED) is 0.607. The van der Waals surface area contributed by atoms with E-state index in [4.69, 9.17) is 10.5 Å². The lowest BCUT2D eigenvalue weighted by molar-refractivity contribution is -0.123. The van der Waals surface area contributed by atoms with E-state index in [1.165, 1.54) is 0 Å². The second-order valence-corrected chi connectivity index (χ2v) is 5.38. The lowest BCUT2D eigenvalue weighted by Gasteiger charge is -2.16. The largest absolute Gasteiger partial charge is 0.399 e. The minimum atomic E-state index is -0.328. The molecule has 1 aliphatic rings. The van der Waals surface area contributed by atoms with Gasteiger partial charge in [0.1, 0.15) is 0 Å². The standard InChI is InChI=1S/C15H22N2O2/c1-11(2)19-10-9-17-14(18)15(7-8-15)12-3-5-13(16)6-4-12/h3-6,11H,7-10,16H2,1-2H3,(H,17,18). The summed E-state index contributed by atoms with van der Waals surface area (Å²) in [5, 5.41) is 2.96. The second kappa shape index (κ2) is 5.61. The molecule has 0 spiro atoms. The Morgan fingerprint density at radius 3 is 2.53 bits per heavy atom. The van der Waals surface area contributed by atoms with Crippen molar-refractivity contribution in [3.05, 3.63) is 29.8 Å². The molecule has 2 rings (SSSR count). The van der Waals surface area contributed by atoms with E-state index >= 15 is 0 Å². The van der Waals surface area contributed by atoms with Crippen LogP contribution in [0.4, 0.5) is 5.69 Å². The van der Waals surface area contributed by atoms with E-state index in [1.54, 1.807) is 0 Å². The van der Waals surface area contributed by atoms with Gasteiger partial charge in [-0.15, -0.1) is 0 Å². The minimum absolute atomic E-state index is 0.102. The van der Waals surface area contributed by atoms with Gasteiger partial charge in [0.25, 0.3) is 0 Å². The summed E-state index contributed by atoms with van der Waals surface area (Å²) < 4.78 is 5.42. The molecule has 0 atom stereocenters. The number of carbonyl (C=O) groups is 1. The van der Waals surface area contributed by atoms with Crippen molar-refractivity contribution in [3.63, 3.8) is 0 Å². The molecular formula is C15H22N2O2. The number of nitrogens with one attached hydrogen (secondary N) is 1. The molecule has 1 aliphatic carbocycles. The van der Waals surface area contributed by atoms with Gasteiger partial charge in [-0.3, -0.25) is 4.79 Å². The van der Waals surface area contributed by atoms with Gasteiger partial charge in [0.2, 0.25) is 5.91 Å². The fraction of sp³-hybridized carbons (Fsp3) is 0.533. The molecule has 0 heterocycles. The Kier molecular flexibility index (Phi) is 4.10. The molecule has 3 N–H and O–H groups in total. The zero-order valence-electron chi connectivity index (χ0n) is 11.6. The van der Waals surface area contributed by atoms with Crippen LogP contribution >= 0.6 is 0 Å². The maximum absolute atomic E-state index is 12.3. The molecule has 0 bridgehead atoms. The Hall–Kier alpha value is -1.55. The highest BCUT2D eigenvalue weighted by molar-refractivity contribution is 5.91. The first-order valence-corrected chi connectivity index (χ1v) is 6.80. The van der Waals surface area contributed by atoms with Crippen LogP contribution in [0.15, 0.2) is 24.3 Å².